The van der Waals surface area contributed by atoms with Gasteiger partial charge in [0.25, 0.3) is 0 Å². The molecule has 7 heteroatoms. The van der Waals surface area contributed by atoms with Crippen molar-refractivity contribution < 1.29 is 23.8 Å². The third-order valence-electron chi connectivity index (χ3n) is 6.64. The first kappa shape index (κ1) is 27.5. The summed E-state index contributed by atoms with van der Waals surface area (Å²) in [4.78, 5) is 16.7. The van der Waals surface area contributed by atoms with Crippen molar-refractivity contribution in [3.05, 3.63) is 132 Å². The lowest BCUT2D eigenvalue weighted by Gasteiger charge is -2.19. The molecule has 0 aliphatic heterocycles. The molecule has 0 fully saturated rings. The predicted molar refractivity (Wildman–Crippen MR) is 158 cm³/mol. The van der Waals surface area contributed by atoms with Gasteiger partial charge in [0.1, 0.15) is 29.9 Å². The van der Waals surface area contributed by atoms with E-state index in [0.717, 1.165) is 28.1 Å². The van der Waals surface area contributed by atoms with Gasteiger partial charge < -0.3 is 24.3 Å². The molecule has 0 aliphatic rings. The van der Waals surface area contributed by atoms with Crippen LogP contribution in [0, 0.1) is 6.92 Å². The zero-order chi connectivity index (χ0) is 28.4. The largest absolute Gasteiger partial charge is 0.493 e. The molecule has 41 heavy (non-hydrogen) atoms. The second-order valence-corrected chi connectivity index (χ2v) is 9.64. The lowest BCUT2D eigenvalue weighted by molar-refractivity contribution is -0.137. The van der Waals surface area contributed by atoms with Crippen molar-refractivity contribution in [1.29, 1.82) is 0 Å². The van der Waals surface area contributed by atoms with Crippen molar-refractivity contribution >= 4 is 11.7 Å². The van der Waals surface area contributed by atoms with Gasteiger partial charge in [-0.1, -0.05) is 72.8 Å². The van der Waals surface area contributed by atoms with Crippen LogP contribution in [0.1, 0.15) is 22.6 Å². The summed E-state index contributed by atoms with van der Waals surface area (Å²) in [6.45, 7) is 2.74. The lowest BCUT2D eigenvalue weighted by atomic mass is 10.1. The summed E-state index contributed by atoms with van der Waals surface area (Å²) in [7, 11) is 0. The highest BCUT2D eigenvalue weighted by molar-refractivity contribution is 5.78. The van der Waals surface area contributed by atoms with Gasteiger partial charge in [0.15, 0.2) is 0 Å². The Morgan fingerprint density at radius 2 is 1.54 bits per heavy atom. The number of carbonyl (C=O) groups is 1. The molecule has 208 valence electrons. The van der Waals surface area contributed by atoms with Crippen molar-refractivity contribution in [2.24, 2.45) is 0 Å². The summed E-state index contributed by atoms with van der Waals surface area (Å²) in [6.07, 6.45) is 0.906. The third kappa shape index (κ3) is 7.54. The van der Waals surface area contributed by atoms with Crippen LogP contribution in [0.4, 0.5) is 5.69 Å². The third-order valence-corrected chi connectivity index (χ3v) is 6.64. The molecule has 0 amide bonds. The summed E-state index contributed by atoms with van der Waals surface area (Å²) < 4.78 is 17.8. The van der Waals surface area contributed by atoms with Crippen molar-refractivity contribution in [1.82, 2.24) is 4.98 Å². The maximum absolute atomic E-state index is 12.1. The van der Waals surface area contributed by atoms with E-state index in [1.165, 1.54) is 0 Å². The fraction of sp³-hybridized carbons (Fsp3) is 0.176. The summed E-state index contributed by atoms with van der Waals surface area (Å²) in [6, 6.07) is 33.7. The Kier molecular flexibility index (Phi) is 8.96. The number of nitrogens with zero attached hydrogens (tertiary/aromatic N) is 1. The number of aromatic nitrogens is 1. The number of carboxylic acids is 1. The minimum Gasteiger partial charge on any atom is -0.493 e. The highest BCUT2D eigenvalue weighted by atomic mass is 16.5. The van der Waals surface area contributed by atoms with Gasteiger partial charge in [-0.15, -0.1) is 0 Å². The van der Waals surface area contributed by atoms with Gasteiger partial charge in [-0.05, 0) is 54.4 Å². The second-order valence-electron chi connectivity index (χ2n) is 9.64. The molecule has 4 aromatic carbocycles. The van der Waals surface area contributed by atoms with Gasteiger partial charge >= 0.3 is 5.97 Å². The second kappa shape index (κ2) is 13.3. The van der Waals surface area contributed by atoms with Gasteiger partial charge in [-0.25, -0.2) is 9.78 Å². The van der Waals surface area contributed by atoms with Crippen molar-refractivity contribution in [3.8, 4) is 23.0 Å². The Balaban J connectivity index is 1.15. The highest BCUT2D eigenvalue weighted by Gasteiger charge is 2.20. The normalized spacial score (nSPS) is 11.5. The number of anilines is 1. The number of para-hydroxylation sites is 2. The van der Waals surface area contributed by atoms with E-state index in [2.05, 4.69) is 10.3 Å². The van der Waals surface area contributed by atoms with E-state index in [1.54, 1.807) is 0 Å². The first-order valence-corrected chi connectivity index (χ1v) is 13.5. The Labute approximate surface area is 239 Å². The number of carboxylic acid groups (broad SMARTS) is 1. The molecule has 7 nitrogen and oxygen atoms in total. The quantitative estimate of drug-likeness (QED) is 0.164. The molecular formula is C34H32N2O5. The van der Waals surface area contributed by atoms with E-state index in [0.29, 0.717) is 49.1 Å². The minimum atomic E-state index is -0.943. The molecule has 0 saturated heterocycles. The number of rotatable bonds is 13. The number of hydrogen-bond donors (Lipinski definition) is 2. The van der Waals surface area contributed by atoms with E-state index < -0.39 is 12.0 Å². The molecule has 1 heterocycles. The van der Waals surface area contributed by atoms with E-state index in [4.69, 9.17) is 13.9 Å². The Bertz CT molecular complexity index is 1550. The molecule has 1 atom stereocenters. The number of aryl methyl sites for hydroxylation is 1. The number of oxazole rings is 1. The maximum Gasteiger partial charge on any atom is 0.326 e. The van der Waals surface area contributed by atoms with E-state index in [9.17, 15) is 9.90 Å². The average Bonchev–Trinajstić information content (AvgIpc) is 3.38. The zero-order valence-corrected chi connectivity index (χ0v) is 22.8. The van der Waals surface area contributed by atoms with E-state index >= 15 is 0 Å². The summed E-state index contributed by atoms with van der Waals surface area (Å²) in [5, 5.41) is 13.1. The Hall–Kier alpha value is -5.04. The van der Waals surface area contributed by atoms with Gasteiger partial charge in [-0.2, -0.15) is 0 Å². The van der Waals surface area contributed by atoms with Gasteiger partial charge in [0, 0.05) is 18.4 Å². The summed E-state index contributed by atoms with van der Waals surface area (Å²) >= 11 is 0. The Morgan fingerprint density at radius 3 is 2.27 bits per heavy atom. The number of aliphatic carboxylic acids is 1. The van der Waals surface area contributed by atoms with Crippen molar-refractivity contribution in [3.63, 3.8) is 0 Å². The first-order valence-electron chi connectivity index (χ1n) is 13.5. The van der Waals surface area contributed by atoms with E-state index in [-0.39, 0.29) is 0 Å². The molecule has 0 radical (unpaired) electrons. The summed E-state index contributed by atoms with van der Waals surface area (Å²) in [5.74, 6) is 1.75. The van der Waals surface area contributed by atoms with Crippen LogP contribution in [0.2, 0.25) is 0 Å². The first-order chi connectivity index (χ1) is 20.0. The van der Waals surface area contributed by atoms with Gasteiger partial charge in [0.05, 0.1) is 18.0 Å². The van der Waals surface area contributed by atoms with Crippen molar-refractivity contribution in [2.75, 3.05) is 11.9 Å². The molecule has 0 spiro atoms. The molecule has 5 rings (SSSR count). The summed E-state index contributed by atoms with van der Waals surface area (Å²) in [5.41, 5.74) is 4.35. The molecule has 5 aromatic rings. The average molecular weight is 549 g/mol. The van der Waals surface area contributed by atoms with Crippen LogP contribution in [0.3, 0.4) is 0 Å². The molecule has 1 aromatic heterocycles. The number of nitrogens with one attached hydrogen (secondary N) is 1. The zero-order valence-electron chi connectivity index (χ0n) is 22.8. The molecule has 0 aliphatic carbocycles. The topological polar surface area (TPSA) is 93.8 Å². The fourth-order valence-electron chi connectivity index (χ4n) is 4.42. The number of ether oxygens (including phenoxy) is 2. The van der Waals surface area contributed by atoms with Crippen LogP contribution in [-0.2, 0) is 24.2 Å². The highest BCUT2D eigenvalue weighted by Crippen LogP contribution is 2.27. The Morgan fingerprint density at radius 1 is 0.854 bits per heavy atom. The van der Waals surface area contributed by atoms with Crippen LogP contribution in [0.15, 0.2) is 114 Å². The van der Waals surface area contributed by atoms with Crippen LogP contribution < -0.4 is 14.8 Å². The van der Waals surface area contributed by atoms with Crippen LogP contribution >= 0.6 is 0 Å². The smallest absolute Gasteiger partial charge is 0.326 e. The number of benzene rings is 4. The number of hydrogen-bond acceptors (Lipinski definition) is 6. The standard InChI is InChI=1S/C34H32N2O5/c1-24-29(36-33(41-24)27-12-6-3-7-13-27)20-21-39-28-18-16-25(17-19-28)22-31(34(37)38)35-30-14-8-9-15-32(30)40-23-26-10-4-2-5-11-26/h2-19,31,35H,20-23H2,1H3,(H,37,38)/t31-/m0/s1. The van der Waals surface area contributed by atoms with Crippen LogP contribution in [-0.4, -0.2) is 28.7 Å². The molecular weight excluding hydrogens is 516 g/mol. The lowest BCUT2D eigenvalue weighted by Crippen LogP contribution is -2.31. The van der Waals surface area contributed by atoms with E-state index in [1.807, 2.05) is 116 Å². The van der Waals surface area contributed by atoms with Gasteiger partial charge in [0.2, 0.25) is 5.89 Å². The molecule has 0 unspecified atom stereocenters. The van der Waals surface area contributed by atoms with Crippen LogP contribution in [0.5, 0.6) is 11.5 Å². The predicted octanol–water partition coefficient (Wildman–Crippen LogP) is 6.96. The molecule has 2 N–H and O–H groups in total. The van der Waals surface area contributed by atoms with Gasteiger partial charge in [-0.3, -0.25) is 0 Å². The fourth-order valence-corrected chi connectivity index (χ4v) is 4.42. The SMILES string of the molecule is Cc1oc(-c2ccccc2)nc1CCOc1ccc(C[C@H](Nc2ccccc2OCc2ccccc2)C(=O)O)cc1. The van der Waals surface area contributed by atoms with Crippen molar-refractivity contribution in [2.45, 2.75) is 32.4 Å². The monoisotopic (exact) mass is 548 g/mol. The molecule has 0 saturated carbocycles. The maximum atomic E-state index is 12.1. The molecule has 0 bridgehead atoms. The van der Waals surface area contributed by atoms with Crippen LogP contribution in [0.25, 0.3) is 11.5 Å². The minimum absolute atomic E-state index is 0.295.